The number of anilines is 4. The summed E-state index contributed by atoms with van der Waals surface area (Å²) in [7, 11) is 1.70. The van der Waals surface area contributed by atoms with Gasteiger partial charge in [-0.25, -0.2) is 9.97 Å². The van der Waals surface area contributed by atoms with E-state index in [1.54, 1.807) is 30.4 Å². The molecule has 1 atom stereocenters. The summed E-state index contributed by atoms with van der Waals surface area (Å²) in [5.74, 6) is 0.909. The second kappa shape index (κ2) is 12.5. The van der Waals surface area contributed by atoms with Crippen molar-refractivity contribution in [2.75, 3.05) is 54.5 Å². The number of piperazine rings is 1. The van der Waals surface area contributed by atoms with Gasteiger partial charge in [0, 0.05) is 75.0 Å². The molecule has 12 nitrogen and oxygen atoms in total. The highest BCUT2D eigenvalue weighted by Gasteiger charge is 2.34. The number of nitrogens with zero attached hydrogens (tertiary/aromatic N) is 7. The van der Waals surface area contributed by atoms with Crippen LogP contribution in [0.1, 0.15) is 47.1 Å². The number of hydrogen-bond acceptors (Lipinski definition) is 9. The molecule has 8 rings (SSSR count). The number of fused-ring (bicyclic) bond motifs is 3. The number of aliphatic hydroxyl groups excluding tert-OH is 1. The van der Waals surface area contributed by atoms with E-state index in [2.05, 4.69) is 36.6 Å². The van der Waals surface area contributed by atoms with Crippen molar-refractivity contribution < 1.29 is 14.6 Å². The molecule has 4 aromatic rings. The van der Waals surface area contributed by atoms with Crippen LogP contribution in [0.4, 0.5) is 23.0 Å². The summed E-state index contributed by atoms with van der Waals surface area (Å²) in [6, 6.07) is 10.5. The van der Waals surface area contributed by atoms with Gasteiger partial charge in [0.2, 0.25) is 0 Å². The second-order valence-electron chi connectivity index (χ2n) is 13.4. The van der Waals surface area contributed by atoms with Gasteiger partial charge >= 0.3 is 0 Å². The summed E-state index contributed by atoms with van der Waals surface area (Å²) >= 11 is 0. The molecule has 0 spiro atoms. The van der Waals surface area contributed by atoms with Crippen LogP contribution in [0.25, 0.3) is 11.1 Å². The number of nitrogens with one attached hydrogen (secondary N) is 1. The van der Waals surface area contributed by atoms with Crippen molar-refractivity contribution in [1.29, 1.82) is 0 Å². The van der Waals surface area contributed by atoms with Gasteiger partial charge in [-0.1, -0.05) is 0 Å². The molecule has 2 fully saturated rings. The van der Waals surface area contributed by atoms with E-state index in [1.165, 1.54) is 15.8 Å². The van der Waals surface area contributed by atoms with Crippen LogP contribution >= 0.6 is 0 Å². The maximum atomic E-state index is 13.8. The number of carbonyl (C=O) groups excluding carboxylic acids is 1. The van der Waals surface area contributed by atoms with E-state index in [0.29, 0.717) is 59.3 Å². The Morgan fingerprint density at radius 1 is 1.02 bits per heavy atom. The Labute approximate surface area is 279 Å². The fraction of sp³-hybridized carbons (Fsp3) is 0.444. The van der Waals surface area contributed by atoms with Gasteiger partial charge < -0.3 is 29.2 Å². The Kier molecular flexibility index (Phi) is 8.02. The zero-order valence-corrected chi connectivity index (χ0v) is 27.6. The lowest BCUT2D eigenvalue weighted by Crippen LogP contribution is -2.59. The second-order valence-corrected chi connectivity index (χ2v) is 13.4. The first-order chi connectivity index (χ1) is 23.4. The molecule has 0 aromatic carbocycles. The molecular formula is C36H42N8O4. The predicted octanol–water partition coefficient (Wildman–Crippen LogP) is 3.33. The van der Waals surface area contributed by atoms with E-state index in [0.717, 1.165) is 69.8 Å². The summed E-state index contributed by atoms with van der Waals surface area (Å²) in [6.07, 6.45) is 9.58. The normalized spacial score (nSPS) is 20.0. The summed E-state index contributed by atoms with van der Waals surface area (Å²) in [6.45, 7) is 7.66. The van der Waals surface area contributed by atoms with Crippen LogP contribution in [0, 0.1) is 0 Å². The zero-order valence-electron chi connectivity index (χ0n) is 27.6. The summed E-state index contributed by atoms with van der Waals surface area (Å²) in [4.78, 5) is 42.9. The predicted molar refractivity (Wildman–Crippen MR) is 184 cm³/mol. The molecule has 4 aromatic heterocycles. The van der Waals surface area contributed by atoms with Crippen LogP contribution in [0.3, 0.4) is 0 Å². The molecule has 250 valence electrons. The molecular weight excluding hydrogens is 608 g/mol. The number of rotatable bonds is 7. The van der Waals surface area contributed by atoms with Gasteiger partial charge in [0.1, 0.15) is 23.0 Å². The standard InChI is InChI=1S/C36H42N8O4/c1-23-18-41(27-21-48-22-27)11-12-42(23)26-7-8-33(38-17-26)39-30-15-25(19-40(2)35(30)46)28-9-10-37-34(29(28)20-45)44-14-13-43-31-6-4-3-5-24(31)16-32(43)36(44)47/h7-10,15-17,19,23,27,45H,3-6,11-14,18,20-22H2,1-2H3,(H,38,39)/t23-/m0/s1. The van der Waals surface area contributed by atoms with Gasteiger partial charge in [0.15, 0.2) is 0 Å². The van der Waals surface area contributed by atoms with Crippen molar-refractivity contribution in [2.45, 2.75) is 57.8 Å². The third kappa shape index (κ3) is 5.37. The highest BCUT2D eigenvalue weighted by Crippen LogP contribution is 2.35. The number of carbonyl (C=O) groups is 1. The number of pyridine rings is 3. The van der Waals surface area contributed by atoms with Crippen LogP contribution < -0.4 is 20.7 Å². The third-order valence-corrected chi connectivity index (χ3v) is 10.5. The molecule has 0 saturated carbocycles. The number of aryl methyl sites for hydroxylation is 2. The van der Waals surface area contributed by atoms with E-state index >= 15 is 0 Å². The number of ether oxygens (including phenoxy) is 1. The molecule has 0 bridgehead atoms. The fourth-order valence-corrected chi connectivity index (χ4v) is 7.83. The minimum absolute atomic E-state index is 0.100. The first-order valence-corrected chi connectivity index (χ1v) is 17.0. The largest absolute Gasteiger partial charge is 0.392 e. The highest BCUT2D eigenvalue weighted by atomic mass is 16.5. The Hall–Kier alpha value is -4.52. The van der Waals surface area contributed by atoms with Crippen molar-refractivity contribution in [3.05, 3.63) is 81.8 Å². The molecule has 48 heavy (non-hydrogen) atoms. The maximum absolute atomic E-state index is 13.8. The highest BCUT2D eigenvalue weighted by molar-refractivity contribution is 6.06. The maximum Gasteiger partial charge on any atom is 0.276 e. The van der Waals surface area contributed by atoms with Crippen LogP contribution in [0.5, 0.6) is 0 Å². The SMILES string of the molecule is C[C@H]1CN(C2COC2)CCN1c1ccc(Nc2cc(-c3ccnc(N4CCn5c(cc6c5CCCC6)C4=O)c3CO)cn(C)c2=O)nc1. The third-order valence-electron chi connectivity index (χ3n) is 10.5. The molecule has 7 heterocycles. The Morgan fingerprint density at radius 3 is 2.62 bits per heavy atom. The zero-order chi connectivity index (χ0) is 32.9. The van der Waals surface area contributed by atoms with Crippen molar-refractivity contribution in [2.24, 2.45) is 7.05 Å². The lowest BCUT2D eigenvalue weighted by Gasteiger charge is -2.46. The van der Waals surface area contributed by atoms with Gasteiger partial charge in [0.05, 0.1) is 37.7 Å². The van der Waals surface area contributed by atoms with Crippen molar-refractivity contribution in [1.82, 2.24) is 24.0 Å². The fourth-order valence-electron chi connectivity index (χ4n) is 7.83. The smallest absolute Gasteiger partial charge is 0.276 e. The van der Waals surface area contributed by atoms with E-state index in [4.69, 9.17) is 4.74 Å². The quantitative estimate of drug-likeness (QED) is 0.310. The minimum atomic E-state index is -0.310. The number of hydrogen-bond donors (Lipinski definition) is 2. The molecule has 0 radical (unpaired) electrons. The van der Waals surface area contributed by atoms with E-state index in [-0.39, 0.29) is 18.1 Å². The number of aliphatic hydroxyl groups is 1. The Bertz CT molecular complexity index is 1910. The Morgan fingerprint density at radius 2 is 1.88 bits per heavy atom. The average molecular weight is 651 g/mol. The van der Waals surface area contributed by atoms with Gasteiger partial charge in [-0.2, -0.15) is 0 Å². The summed E-state index contributed by atoms with van der Waals surface area (Å²) < 4.78 is 9.08. The van der Waals surface area contributed by atoms with Crippen LogP contribution in [0.2, 0.25) is 0 Å². The molecule has 2 saturated heterocycles. The van der Waals surface area contributed by atoms with Crippen LogP contribution in [-0.4, -0.2) is 86.5 Å². The first-order valence-electron chi connectivity index (χ1n) is 17.0. The monoisotopic (exact) mass is 650 g/mol. The molecule has 0 unspecified atom stereocenters. The molecule has 4 aliphatic rings. The molecule has 1 amide bonds. The molecule has 1 aliphatic carbocycles. The number of aromatic nitrogens is 4. The van der Waals surface area contributed by atoms with E-state index in [9.17, 15) is 14.7 Å². The summed E-state index contributed by atoms with van der Waals surface area (Å²) in [5.41, 5.74) is 6.43. The average Bonchev–Trinajstić information content (AvgIpc) is 3.46. The molecule has 12 heteroatoms. The lowest BCUT2D eigenvalue weighted by molar-refractivity contribution is -0.0691. The van der Waals surface area contributed by atoms with Crippen molar-refractivity contribution in [3.63, 3.8) is 0 Å². The van der Waals surface area contributed by atoms with Gasteiger partial charge in [-0.3, -0.25) is 19.4 Å². The summed E-state index contributed by atoms with van der Waals surface area (Å²) in [5, 5.41) is 13.9. The van der Waals surface area contributed by atoms with Gasteiger partial charge in [-0.15, -0.1) is 0 Å². The van der Waals surface area contributed by atoms with Crippen molar-refractivity contribution in [3.8, 4) is 11.1 Å². The Balaban J connectivity index is 1.04. The van der Waals surface area contributed by atoms with Crippen LogP contribution in [-0.2, 0) is 37.8 Å². The van der Waals surface area contributed by atoms with E-state index in [1.807, 2.05) is 30.5 Å². The first kappa shape index (κ1) is 30.8. The van der Waals surface area contributed by atoms with E-state index < -0.39 is 0 Å². The lowest BCUT2D eigenvalue weighted by atomic mass is 9.98. The molecule has 2 N–H and O–H groups in total. The van der Waals surface area contributed by atoms with Gasteiger partial charge in [0.25, 0.3) is 11.5 Å². The molecule has 3 aliphatic heterocycles. The van der Waals surface area contributed by atoms with Crippen molar-refractivity contribution >= 4 is 28.9 Å². The number of amides is 1. The minimum Gasteiger partial charge on any atom is -0.392 e. The topological polar surface area (TPSA) is 121 Å². The van der Waals surface area contributed by atoms with Gasteiger partial charge in [-0.05, 0) is 74.1 Å². The van der Waals surface area contributed by atoms with Crippen LogP contribution in [0.15, 0.2) is 53.7 Å².